The molecule has 94 valence electrons. The van der Waals surface area contributed by atoms with Gasteiger partial charge in [0.05, 0.1) is 29.3 Å². The lowest BCUT2D eigenvalue weighted by atomic mass is 10.1. The van der Waals surface area contributed by atoms with E-state index in [1.165, 1.54) is 0 Å². The largest absolute Gasteiger partial charge is 0.323 e. The molecule has 0 spiro atoms. The zero-order valence-electron chi connectivity index (χ0n) is 10.3. The first-order valence-electron chi connectivity index (χ1n) is 5.54. The Labute approximate surface area is 105 Å². The maximum atomic E-state index is 11.9. The highest BCUT2D eigenvalue weighted by molar-refractivity contribution is 5.98. The van der Waals surface area contributed by atoms with E-state index in [4.69, 9.17) is 5.73 Å². The number of benzene rings is 1. The van der Waals surface area contributed by atoms with Gasteiger partial charge in [0.25, 0.3) is 0 Å². The molecule has 1 aromatic heterocycles. The third-order valence-corrected chi connectivity index (χ3v) is 2.41. The van der Waals surface area contributed by atoms with Gasteiger partial charge in [-0.2, -0.15) is 0 Å². The van der Waals surface area contributed by atoms with Gasteiger partial charge >= 0.3 is 0 Å². The van der Waals surface area contributed by atoms with Crippen molar-refractivity contribution in [2.24, 2.45) is 5.73 Å². The van der Waals surface area contributed by atoms with Crippen LogP contribution in [-0.2, 0) is 4.79 Å². The maximum absolute atomic E-state index is 11.9. The van der Waals surface area contributed by atoms with Crippen molar-refractivity contribution in [3.63, 3.8) is 0 Å². The first kappa shape index (κ1) is 12.3. The number of nitrogens with zero attached hydrogens (tertiary/aromatic N) is 3. The van der Waals surface area contributed by atoms with Crippen LogP contribution in [-0.4, -0.2) is 26.4 Å². The molecule has 2 rings (SSSR count). The number of anilines is 1. The van der Waals surface area contributed by atoms with Crippen molar-refractivity contribution < 1.29 is 4.79 Å². The predicted molar refractivity (Wildman–Crippen MR) is 68.3 cm³/mol. The molecule has 0 aliphatic rings. The topological polar surface area (TPSA) is 85.8 Å². The van der Waals surface area contributed by atoms with Gasteiger partial charge in [-0.1, -0.05) is 17.3 Å². The van der Waals surface area contributed by atoms with Gasteiger partial charge in [-0.05, 0) is 26.0 Å². The molecule has 18 heavy (non-hydrogen) atoms. The molecule has 0 unspecified atom stereocenters. The van der Waals surface area contributed by atoms with E-state index < -0.39 is 5.54 Å². The zero-order chi connectivity index (χ0) is 13.2. The lowest BCUT2D eigenvalue weighted by Crippen LogP contribution is -2.45. The fourth-order valence-corrected chi connectivity index (χ4v) is 1.40. The molecule has 0 fully saturated rings. The fourth-order valence-electron chi connectivity index (χ4n) is 1.40. The van der Waals surface area contributed by atoms with Crippen molar-refractivity contribution in [1.82, 2.24) is 15.0 Å². The molecule has 0 atom stereocenters. The van der Waals surface area contributed by atoms with Crippen molar-refractivity contribution in [3.8, 4) is 5.69 Å². The molecule has 0 bridgehead atoms. The number of para-hydroxylation sites is 2. The van der Waals surface area contributed by atoms with E-state index in [2.05, 4.69) is 15.6 Å². The summed E-state index contributed by atoms with van der Waals surface area (Å²) in [4.78, 5) is 11.9. The quantitative estimate of drug-likeness (QED) is 0.842. The van der Waals surface area contributed by atoms with E-state index in [9.17, 15) is 4.79 Å². The SMILES string of the molecule is CC(C)(N)C(=O)Nc1ccccc1-n1ccnn1. The van der Waals surface area contributed by atoms with E-state index >= 15 is 0 Å². The molecule has 2 aromatic rings. The molecule has 0 radical (unpaired) electrons. The molecule has 1 heterocycles. The van der Waals surface area contributed by atoms with Crippen LogP contribution in [0.3, 0.4) is 0 Å². The minimum atomic E-state index is -0.935. The normalized spacial score (nSPS) is 11.3. The van der Waals surface area contributed by atoms with Crippen molar-refractivity contribution in [2.75, 3.05) is 5.32 Å². The number of amides is 1. The van der Waals surface area contributed by atoms with Gasteiger partial charge in [0.15, 0.2) is 0 Å². The number of hydrogen-bond acceptors (Lipinski definition) is 4. The summed E-state index contributed by atoms with van der Waals surface area (Å²) in [6.45, 7) is 3.31. The smallest absolute Gasteiger partial charge is 0.243 e. The molecular weight excluding hydrogens is 230 g/mol. The van der Waals surface area contributed by atoms with E-state index in [-0.39, 0.29) is 5.91 Å². The molecule has 6 heteroatoms. The Morgan fingerprint density at radius 1 is 1.39 bits per heavy atom. The Morgan fingerprint density at radius 2 is 2.11 bits per heavy atom. The minimum absolute atomic E-state index is 0.255. The Bertz CT molecular complexity index is 542. The molecule has 0 aliphatic carbocycles. The second kappa shape index (κ2) is 4.58. The zero-order valence-corrected chi connectivity index (χ0v) is 10.3. The van der Waals surface area contributed by atoms with Gasteiger partial charge < -0.3 is 11.1 Å². The summed E-state index contributed by atoms with van der Waals surface area (Å²) in [7, 11) is 0. The standard InChI is InChI=1S/C12H15N5O/c1-12(2,13)11(18)15-9-5-3-4-6-10(9)17-8-7-14-16-17/h3-8H,13H2,1-2H3,(H,15,18). The number of nitrogens with two attached hydrogens (primary N) is 1. The Balaban J connectivity index is 2.32. The van der Waals surface area contributed by atoms with Crippen molar-refractivity contribution in [2.45, 2.75) is 19.4 Å². The van der Waals surface area contributed by atoms with Crippen LogP contribution < -0.4 is 11.1 Å². The lowest BCUT2D eigenvalue weighted by molar-refractivity contribution is -0.120. The molecule has 3 N–H and O–H groups in total. The van der Waals surface area contributed by atoms with Crippen LogP contribution in [0, 0.1) is 0 Å². The summed E-state index contributed by atoms with van der Waals surface area (Å²) < 4.78 is 1.58. The molecule has 0 saturated heterocycles. The number of rotatable bonds is 3. The van der Waals surface area contributed by atoms with Gasteiger partial charge in [-0.15, -0.1) is 5.10 Å². The third kappa shape index (κ3) is 2.54. The summed E-state index contributed by atoms with van der Waals surface area (Å²) in [5, 5.41) is 10.4. The van der Waals surface area contributed by atoms with Gasteiger partial charge in [0.1, 0.15) is 0 Å². The van der Waals surface area contributed by atoms with Crippen LogP contribution >= 0.6 is 0 Å². The molecule has 1 aromatic carbocycles. The average molecular weight is 245 g/mol. The maximum Gasteiger partial charge on any atom is 0.243 e. The summed E-state index contributed by atoms with van der Waals surface area (Å²) in [5.41, 5.74) is 6.20. The molecular formula is C12H15N5O. The monoisotopic (exact) mass is 245 g/mol. The minimum Gasteiger partial charge on any atom is -0.323 e. The van der Waals surface area contributed by atoms with E-state index in [1.54, 1.807) is 37.0 Å². The van der Waals surface area contributed by atoms with Gasteiger partial charge in [-0.3, -0.25) is 4.79 Å². The van der Waals surface area contributed by atoms with Crippen LogP contribution in [0.15, 0.2) is 36.7 Å². The fraction of sp³-hybridized carbons (Fsp3) is 0.250. The highest BCUT2D eigenvalue weighted by atomic mass is 16.2. The van der Waals surface area contributed by atoms with Crippen LogP contribution in [0.1, 0.15) is 13.8 Å². The number of aromatic nitrogens is 3. The van der Waals surface area contributed by atoms with Crippen LogP contribution in [0.25, 0.3) is 5.69 Å². The highest BCUT2D eigenvalue weighted by Gasteiger charge is 2.22. The first-order chi connectivity index (χ1) is 8.48. The Kier molecular flexibility index (Phi) is 3.12. The van der Waals surface area contributed by atoms with E-state index in [0.717, 1.165) is 5.69 Å². The highest BCUT2D eigenvalue weighted by Crippen LogP contribution is 2.19. The van der Waals surface area contributed by atoms with E-state index in [0.29, 0.717) is 5.69 Å². The van der Waals surface area contributed by atoms with Crippen molar-refractivity contribution in [1.29, 1.82) is 0 Å². The predicted octanol–water partition coefficient (Wildman–Crippen LogP) is 0.943. The number of hydrogen-bond donors (Lipinski definition) is 2. The number of nitrogens with one attached hydrogen (secondary N) is 1. The van der Waals surface area contributed by atoms with E-state index in [1.807, 2.05) is 18.2 Å². The number of carbonyl (C=O) groups excluding carboxylic acids is 1. The summed E-state index contributed by atoms with van der Waals surface area (Å²) in [6.07, 6.45) is 3.28. The molecule has 1 amide bonds. The summed E-state index contributed by atoms with van der Waals surface area (Å²) in [6, 6.07) is 7.33. The second-order valence-corrected chi connectivity index (χ2v) is 4.54. The first-order valence-corrected chi connectivity index (χ1v) is 5.54. The van der Waals surface area contributed by atoms with Crippen LogP contribution in [0.2, 0.25) is 0 Å². The van der Waals surface area contributed by atoms with Crippen molar-refractivity contribution in [3.05, 3.63) is 36.7 Å². The van der Waals surface area contributed by atoms with Crippen LogP contribution in [0.5, 0.6) is 0 Å². The van der Waals surface area contributed by atoms with Gasteiger partial charge in [0.2, 0.25) is 5.91 Å². The second-order valence-electron chi connectivity index (χ2n) is 4.54. The molecule has 0 saturated carbocycles. The summed E-state index contributed by atoms with van der Waals surface area (Å²) >= 11 is 0. The lowest BCUT2D eigenvalue weighted by Gasteiger charge is -2.19. The van der Waals surface area contributed by atoms with Gasteiger partial charge in [-0.25, -0.2) is 4.68 Å². The Morgan fingerprint density at radius 3 is 2.72 bits per heavy atom. The average Bonchev–Trinajstić information content (AvgIpc) is 2.82. The molecule has 0 aliphatic heterocycles. The summed E-state index contributed by atoms with van der Waals surface area (Å²) in [5.74, 6) is -0.255. The number of carbonyl (C=O) groups is 1. The third-order valence-electron chi connectivity index (χ3n) is 2.41. The Hall–Kier alpha value is -2.21. The molecule has 6 nitrogen and oxygen atoms in total. The van der Waals surface area contributed by atoms with Crippen molar-refractivity contribution >= 4 is 11.6 Å². The van der Waals surface area contributed by atoms with Gasteiger partial charge in [0, 0.05) is 0 Å². The van der Waals surface area contributed by atoms with Crippen LogP contribution in [0.4, 0.5) is 5.69 Å².